The number of carbonyl (C=O) groups excluding carboxylic acids is 3. The molecule has 0 radical (unpaired) electrons. The molecule has 6 rings (SSSR count). The number of fused-ring (bicyclic) bond motifs is 7. The van der Waals surface area contributed by atoms with E-state index >= 15 is 0 Å². The summed E-state index contributed by atoms with van der Waals surface area (Å²) in [5.41, 5.74) is -0.705. The van der Waals surface area contributed by atoms with Gasteiger partial charge in [0.1, 0.15) is 6.10 Å². The summed E-state index contributed by atoms with van der Waals surface area (Å²) in [6.45, 7) is -0.433. The average molecular weight is 600 g/mol. The van der Waals surface area contributed by atoms with Gasteiger partial charge in [0.2, 0.25) is 0 Å². The number of methoxy groups -OCH3 is 2. The van der Waals surface area contributed by atoms with Gasteiger partial charge in [-0.1, -0.05) is 18.2 Å². The number of ether oxygens (including phenoxy) is 4. The van der Waals surface area contributed by atoms with Gasteiger partial charge < -0.3 is 34.5 Å². The fourth-order valence-corrected chi connectivity index (χ4v) is 4.94. The van der Waals surface area contributed by atoms with E-state index in [1.807, 2.05) is 0 Å². The molecule has 0 aliphatic carbocycles. The maximum atomic E-state index is 13.7. The van der Waals surface area contributed by atoms with Gasteiger partial charge in [-0.3, -0.25) is 14.4 Å². The first-order valence-corrected chi connectivity index (χ1v) is 13.2. The Morgan fingerprint density at radius 3 is 2.47 bits per heavy atom. The standard InChI is InChI=1S/C30H28F3N3O7/c1-40-22-10-8-18-12-25(22)42-16-27(37)34-13-17-7-9-23(24(11-17)41-2)43-26-15-36(14-21(26)35-28(18)38)29(39)19-5-3-4-6-20(19)30(31,32)33/h3-12,21,26H,13-16H2,1-2H3,(H,34,37)(H,35,38)/t21-,26-/m0/s1. The van der Waals surface area contributed by atoms with Crippen LogP contribution in [0.15, 0.2) is 60.7 Å². The maximum absolute atomic E-state index is 13.7. The third-order valence-corrected chi connectivity index (χ3v) is 7.11. The van der Waals surface area contributed by atoms with Crippen LogP contribution < -0.4 is 29.6 Å². The van der Waals surface area contributed by atoms with Gasteiger partial charge in [-0.15, -0.1) is 0 Å². The van der Waals surface area contributed by atoms with E-state index in [2.05, 4.69) is 10.6 Å². The predicted molar refractivity (Wildman–Crippen MR) is 146 cm³/mol. The zero-order valence-electron chi connectivity index (χ0n) is 23.2. The minimum absolute atomic E-state index is 0.117. The largest absolute Gasteiger partial charge is 0.493 e. The van der Waals surface area contributed by atoms with Crippen LogP contribution in [0.4, 0.5) is 13.2 Å². The molecular formula is C30H28F3N3O7. The molecule has 4 bridgehead atoms. The van der Waals surface area contributed by atoms with Crippen LogP contribution in [0.25, 0.3) is 0 Å². The summed E-state index contributed by atoms with van der Waals surface area (Å²) in [6.07, 6.45) is -5.59. The van der Waals surface area contributed by atoms with Crippen molar-refractivity contribution in [1.82, 2.24) is 15.5 Å². The van der Waals surface area contributed by atoms with Gasteiger partial charge >= 0.3 is 6.18 Å². The lowest BCUT2D eigenvalue weighted by atomic mass is 10.1. The summed E-state index contributed by atoms with van der Waals surface area (Å²) in [5.74, 6) is -0.769. The highest BCUT2D eigenvalue weighted by atomic mass is 19.4. The van der Waals surface area contributed by atoms with Crippen LogP contribution in [0.2, 0.25) is 0 Å². The van der Waals surface area contributed by atoms with E-state index in [9.17, 15) is 27.6 Å². The molecule has 2 N–H and O–H groups in total. The van der Waals surface area contributed by atoms with Gasteiger partial charge in [0.25, 0.3) is 17.7 Å². The Morgan fingerprint density at radius 2 is 1.72 bits per heavy atom. The fraction of sp³-hybridized carbons (Fsp3) is 0.300. The first-order valence-electron chi connectivity index (χ1n) is 13.2. The molecule has 13 heteroatoms. The summed E-state index contributed by atoms with van der Waals surface area (Å²) in [4.78, 5) is 40.5. The van der Waals surface area contributed by atoms with Crippen LogP contribution >= 0.6 is 0 Å². The summed E-state index contributed by atoms with van der Waals surface area (Å²) in [6, 6.07) is 13.1. The Labute approximate surface area is 244 Å². The number of amides is 3. The van der Waals surface area contributed by atoms with Crippen LogP contribution in [0.1, 0.15) is 31.8 Å². The molecule has 3 aliphatic heterocycles. The van der Waals surface area contributed by atoms with Crippen LogP contribution in [-0.4, -0.2) is 68.7 Å². The zero-order valence-corrected chi connectivity index (χ0v) is 23.2. The van der Waals surface area contributed by atoms with Crippen LogP contribution in [0.3, 0.4) is 0 Å². The lowest BCUT2D eigenvalue weighted by Gasteiger charge is -2.22. The molecule has 0 saturated carbocycles. The Balaban J connectivity index is 1.50. The number of halogens is 3. The number of hydrogen-bond donors (Lipinski definition) is 2. The predicted octanol–water partition coefficient (Wildman–Crippen LogP) is 3.43. The monoisotopic (exact) mass is 599 g/mol. The minimum atomic E-state index is -4.74. The second-order valence-corrected chi connectivity index (χ2v) is 9.91. The highest BCUT2D eigenvalue weighted by Crippen LogP contribution is 2.35. The van der Waals surface area contributed by atoms with Crippen molar-refractivity contribution in [2.24, 2.45) is 0 Å². The number of nitrogens with one attached hydrogen (secondary N) is 2. The quantitative estimate of drug-likeness (QED) is 0.474. The molecule has 0 spiro atoms. The number of benzene rings is 3. The third-order valence-electron chi connectivity index (χ3n) is 7.11. The van der Waals surface area contributed by atoms with Crippen molar-refractivity contribution in [1.29, 1.82) is 0 Å². The van der Waals surface area contributed by atoms with Gasteiger partial charge in [-0.25, -0.2) is 0 Å². The molecule has 1 fully saturated rings. The molecule has 226 valence electrons. The van der Waals surface area contributed by atoms with E-state index in [1.54, 1.807) is 18.2 Å². The van der Waals surface area contributed by atoms with Gasteiger partial charge in [0, 0.05) is 18.7 Å². The minimum Gasteiger partial charge on any atom is -0.493 e. The Morgan fingerprint density at radius 1 is 0.953 bits per heavy atom. The Bertz CT molecular complexity index is 1550. The van der Waals surface area contributed by atoms with Crippen molar-refractivity contribution >= 4 is 17.7 Å². The highest BCUT2D eigenvalue weighted by molar-refractivity contribution is 5.97. The van der Waals surface area contributed by atoms with Crippen molar-refractivity contribution in [3.05, 3.63) is 82.9 Å². The van der Waals surface area contributed by atoms with Gasteiger partial charge in [0.05, 0.1) is 37.9 Å². The lowest BCUT2D eigenvalue weighted by molar-refractivity contribution is -0.138. The Kier molecular flexibility index (Phi) is 8.33. The van der Waals surface area contributed by atoms with Crippen LogP contribution in [0.5, 0.6) is 23.0 Å². The molecule has 43 heavy (non-hydrogen) atoms. The molecule has 3 amide bonds. The Hall–Kier alpha value is -4.94. The average Bonchev–Trinajstić information content (AvgIpc) is 3.39. The molecule has 2 atom stereocenters. The highest BCUT2D eigenvalue weighted by Gasteiger charge is 2.42. The smallest absolute Gasteiger partial charge is 0.417 e. The van der Waals surface area contributed by atoms with Crippen LogP contribution in [-0.2, 0) is 17.5 Å². The number of alkyl halides is 3. The van der Waals surface area contributed by atoms with Crippen LogP contribution in [0, 0.1) is 0 Å². The summed E-state index contributed by atoms with van der Waals surface area (Å²) in [5, 5.41) is 5.58. The molecule has 3 heterocycles. The van der Waals surface area contributed by atoms with E-state index in [1.165, 1.54) is 49.5 Å². The van der Waals surface area contributed by atoms with Gasteiger partial charge in [0.15, 0.2) is 29.6 Å². The molecule has 0 unspecified atom stereocenters. The second kappa shape index (κ2) is 12.1. The summed E-state index contributed by atoms with van der Waals surface area (Å²) in [7, 11) is 2.84. The third kappa shape index (κ3) is 6.45. The normalized spacial score (nSPS) is 18.9. The van der Waals surface area contributed by atoms with E-state index in [-0.39, 0.29) is 43.3 Å². The molecular weight excluding hydrogens is 571 g/mol. The van der Waals surface area contributed by atoms with E-state index < -0.39 is 47.2 Å². The van der Waals surface area contributed by atoms with E-state index in [4.69, 9.17) is 18.9 Å². The SMILES string of the molecule is COc1ccc2cc1OCC(=O)NCc1ccc(c(OC)c1)O[C@H]1CN(C(=O)c3ccccc3C(F)(F)F)C[C@@H]1NC2=O. The molecule has 3 aromatic rings. The van der Waals surface area contributed by atoms with E-state index in [0.717, 1.165) is 12.1 Å². The van der Waals surface area contributed by atoms with Crippen molar-refractivity contribution in [2.45, 2.75) is 24.9 Å². The number of nitrogens with zero attached hydrogens (tertiary/aromatic N) is 1. The number of likely N-dealkylation sites (tertiary alicyclic amines) is 1. The van der Waals surface area contributed by atoms with Crippen molar-refractivity contribution < 1.29 is 46.5 Å². The second-order valence-electron chi connectivity index (χ2n) is 9.91. The molecule has 3 aromatic carbocycles. The first kappa shape index (κ1) is 29.5. The van der Waals surface area contributed by atoms with Crippen molar-refractivity contribution in [3.63, 3.8) is 0 Å². The summed E-state index contributed by atoms with van der Waals surface area (Å²) >= 11 is 0. The van der Waals surface area contributed by atoms with Crippen molar-refractivity contribution in [3.8, 4) is 23.0 Å². The van der Waals surface area contributed by atoms with Gasteiger partial charge in [-0.05, 0) is 48.0 Å². The fourth-order valence-electron chi connectivity index (χ4n) is 4.94. The number of hydrogen-bond acceptors (Lipinski definition) is 7. The zero-order chi connectivity index (χ0) is 30.7. The molecule has 1 saturated heterocycles. The topological polar surface area (TPSA) is 115 Å². The van der Waals surface area contributed by atoms with Crippen molar-refractivity contribution in [2.75, 3.05) is 33.9 Å². The summed E-state index contributed by atoms with van der Waals surface area (Å²) < 4.78 is 63.7. The number of carbonyl (C=O) groups is 3. The molecule has 3 aliphatic rings. The number of rotatable bonds is 3. The molecule has 10 nitrogen and oxygen atoms in total. The molecule has 0 aromatic heterocycles. The van der Waals surface area contributed by atoms with E-state index in [0.29, 0.717) is 17.1 Å². The maximum Gasteiger partial charge on any atom is 0.417 e. The van der Waals surface area contributed by atoms with Gasteiger partial charge in [-0.2, -0.15) is 13.2 Å². The first-order chi connectivity index (χ1) is 20.6. The lowest BCUT2D eigenvalue weighted by Crippen LogP contribution is -2.45.